The van der Waals surface area contributed by atoms with Crippen LogP contribution in [0.4, 0.5) is 0 Å². The molecule has 1 saturated carbocycles. The molecule has 0 saturated heterocycles. The van der Waals surface area contributed by atoms with Crippen LogP contribution in [0.5, 0.6) is 0 Å². The number of carbonyl (C=O) groups is 1. The van der Waals surface area contributed by atoms with E-state index in [2.05, 4.69) is 0 Å². The van der Waals surface area contributed by atoms with Gasteiger partial charge in [0.1, 0.15) is 5.60 Å². The molecule has 0 radical (unpaired) electrons. The maximum Gasteiger partial charge on any atom is 0.500 e. The minimum absolute atomic E-state index is 0.104. The third-order valence-electron chi connectivity index (χ3n) is 4.76. The predicted octanol–water partition coefficient (Wildman–Crippen LogP) is 2.21. The molecule has 0 aromatic carbocycles. The lowest BCUT2D eigenvalue weighted by Crippen LogP contribution is -2.48. The van der Waals surface area contributed by atoms with E-state index in [1.807, 2.05) is 21.0 Å². The fourth-order valence-corrected chi connectivity index (χ4v) is 4.94. The molecule has 1 fully saturated rings. The number of ether oxygens (including phenoxy) is 1. The second kappa shape index (κ2) is 8.57. The molecule has 0 aliphatic heterocycles. The molecule has 0 heterocycles. The monoisotopic (exact) mass is 348 g/mol. The average molecular weight is 349 g/mol. The molecule has 1 aliphatic rings. The van der Waals surface area contributed by atoms with Gasteiger partial charge in [-0.3, -0.25) is 0 Å². The van der Waals surface area contributed by atoms with Crippen LogP contribution in [0.2, 0.25) is 6.04 Å². The molecule has 0 aromatic rings. The van der Waals surface area contributed by atoms with Gasteiger partial charge in [-0.25, -0.2) is 4.79 Å². The van der Waals surface area contributed by atoms with Gasteiger partial charge in [0.2, 0.25) is 0 Å². The standard InChI is InChI=1S/C16H34NO5Si/c1-16(10-7-8-11-16)22-15(18)14-17(2,3)12-9-13-23(19-4,20-5)21-6/h7-14H2,1-6H3/q+1. The Bertz CT molecular complexity index is 370. The van der Waals surface area contributed by atoms with Crippen molar-refractivity contribution in [3.8, 4) is 0 Å². The minimum Gasteiger partial charge on any atom is -0.455 e. The highest BCUT2D eigenvalue weighted by Gasteiger charge is 2.38. The van der Waals surface area contributed by atoms with Crippen molar-refractivity contribution in [3.05, 3.63) is 0 Å². The molecule has 0 N–H and O–H groups in total. The van der Waals surface area contributed by atoms with Crippen LogP contribution in [-0.2, 0) is 22.8 Å². The highest BCUT2D eigenvalue weighted by atomic mass is 28.4. The second-order valence-corrected chi connectivity index (χ2v) is 10.4. The molecular weight excluding hydrogens is 314 g/mol. The van der Waals surface area contributed by atoms with Gasteiger partial charge >= 0.3 is 14.8 Å². The lowest BCUT2D eigenvalue weighted by atomic mass is 10.1. The Morgan fingerprint density at radius 3 is 2.09 bits per heavy atom. The highest BCUT2D eigenvalue weighted by Crippen LogP contribution is 2.32. The van der Waals surface area contributed by atoms with Crippen LogP contribution in [0, 0.1) is 0 Å². The smallest absolute Gasteiger partial charge is 0.455 e. The van der Waals surface area contributed by atoms with Crippen LogP contribution in [0.25, 0.3) is 0 Å². The fourth-order valence-electron chi connectivity index (χ4n) is 3.24. The summed E-state index contributed by atoms with van der Waals surface area (Å²) < 4.78 is 22.6. The first-order valence-electron chi connectivity index (χ1n) is 8.39. The molecule has 0 spiro atoms. The summed E-state index contributed by atoms with van der Waals surface area (Å²) in [6.07, 6.45) is 5.14. The third kappa shape index (κ3) is 6.50. The zero-order valence-electron chi connectivity index (χ0n) is 15.6. The summed E-state index contributed by atoms with van der Waals surface area (Å²) in [6, 6.07) is 0.741. The van der Waals surface area contributed by atoms with Gasteiger partial charge in [0, 0.05) is 33.8 Å². The summed E-state index contributed by atoms with van der Waals surface area (Å²) in [6.45, 7) is 3.28. The van der Waals surface area contributed by atoms with E-state index in [-0.39, 0.29) is 11.6 Å². The molecule has 6 nitrogen and oxygen atoms in total. The summed E-state index contributed by atoms with van der Waals surface area (Å²) in [5.74, 6) is -0.104. The molecule has 0 atom stereocenters. The molecule has 0 unspecified atom stereocenters. The van der Waals surface area contributed by atoms with E-state index in [1.165, 1.54) is 0 Å². The van der Waals surface area contributed by atoms with Crippen molar-refractivity contribution < 1.29 is 27.3 Å². The van der Waals surface area contributed by atoms with Gasteiger partial charge in [0.05, 0.1) is 20.6 Å². The molecule has 1 aliphatic carbocycles. The number of rotatable bonds is 10. The molecule has 23 heavy (non-hydrogen) atoms. The SMILES string of the molecule is CO[Si](CCC[N+](C)(C)CC(=O)OC1(C)CCCC1)(OC)OC. The van der Waals surface area contributed by atoms with Crippen molar-refractivity contribution in [1.29, 1.82) is 0 Å². The van der Waals surface area contributed by atoms with E-state index in [1.54, 1.807) is 21.3 Å². The molecular formula is C16H34NO5Si+. The van der Waals surface area contributed by atoms with Gasteiger partial charge in [-0.2, -0.15) is 0 Å². The third-order valence-corrected chi connectivity index (χ3v) is 7.59. The first-order chi connectivity index (χ1) is 10.7. The van der Waals surface area contributed by atoms with Crippen LogP contribution < -0.4 is 0 Å². The number of hydrogen-bond acceptors (Lipinski definition) is 5. The zero-order valence-corrected chi connectivity index (χ0v) is 16.6. The van der Waals surface area contributed by atoms with Crippen molar-refractivity contribution in [2.45, 2.75) is 50.7 Å². The Balaban J connectivity index is 2.41. The average Bonchev–Trinajstić information content (AvgIpc) is 2.89. The van der Waals surface area contributed by atoms with E-state index < -0.39 is 8.80 Å². The molecule has 7 heteroatoms. The number of carbonyl (C=O) groups excluding carboxylic acids is 1. The maximum atomic E-state index is 12.2. The summed E-state index contributed by atoms with van der Waals surface area (Å²) in [7, 11) is 6.45. The predicted molar refractivity (Wildman–Crippen MR) is 91.0 cm³/mol. The number of hydrogen-bond donors (Lipinski definition) is 0. The van der Waals surface area contributed by atoms with Crippen LogP contribution in [0.1, 0.15) is 39.0 Å². The Labute approximate surface area is 142 Å². The Morgan fingerprint density at radius 1 is 1.09 bits per heavy atom. The van der Waals surface area contributed by atoms with Gasteiger partial charge in [-0.05, 0) is 32.6 Å². The van der Waals surface area contributed by atoms with Crippen molar-refractivity contribution in [2.75, 3.05) is 48.5 Å². The number of quaternary nitrogens is 1. The number of likely N-dealkylation sites (N-methyl/N-ethyl adjacent to an activating group) is 1. The molecule has 136 valence electrons. The van der Waals surface area contributed by atoms with Gasteiger partial charge in [-0.1, -0.05) is 0 Å². The van der Waals surface area contributed by atoms with Gasteiger partial charge in [-0.15, -0.1) is 0 Å². The topological polar surface area (TPSA) is 54.0 Å². The van der Waals surface area contributed by atoms with Crippen LogP contribution in [0.15, 0.2) is 0 Å². The van der Waals surface area contributed by atoms with E-state index in [0.717, 1.165) is 44.7 Å². The molecule has 0 bridgehead atoms. The van der Waals surface area contributed by atoms with Crippen molar-refractivity contribution >= 4 is 14.8 Å². The fraction of sp³-hybridized carbons (Fsp3) is 0.938. The molecule has 1 rings (SSSR count). The van der Waals surface area contributed by atoms with Crippen molar-refractivity contribution in [1.82, 2.24) is 0 Å². The first kappa shape index (κ1) is 20.6. The summed E-state index contributed by atoms with van der Waals surface area (Å²) in [4.78, 5) is 12.2. The van der Waals surface area contributed by atoms with E-state index in [4.69, 9.17) is 18.0 Å². The molecule has 0 amide bonds. The van der Waals surface area contributed by atoms with Crippen molar-refractivity contribution in [3.63, 3.8) is 0 Å². The second-order valence-electron chi connectivity index (χ2n) is 7.35. The zero-order chi connectivity index (χ0) is 17.6. The quantitative estimate of drug-likeness (QED) is 0.344. The number of esters is 1. The Hall–Kier alpha value is -0.473. The van der Waals surface area contributed by atoms with Gasteiger partial charge in [0.15, 0.2) is 6.54 Å². The van der Waals surface area contributed by atoms with E-state index in [9.17, 15) is 4.79 Å². The van der Waals surface area contributed by atoms with Gasteiger partial charge in [0.25, 0.3) is 0 Å². The van der Waals surface area contributed by atoms with E-state index >= 15 is 0 Å². The molecule has 0 aromatic heterocycles. The number of nitrogens with zero attached hydrogens (tertiary/aromatic N) is 1. The van der Waals surface area contributed by atoms with Crippen LogP contribution in [0.3, 0.4) is 0 Å². The summed E-state index contributed by atoms with van der Waals surface area (Å²) in [5.41, 5.74) is -0.249. The Morgan fingerprint density at radius 2 is 1.61 bits per heavy atom. The summed E-state index contributed by atoms with van der Waals surface area (Å²) in [5, 5.41) is 0. The lowest BCUT2D eigenvalue weighted by Gasteiger charge is -2.32. The van der Waals surface area contributed by atoms with E-state index in [0.29, 0.717) is 11.0 Å². The normalized spacial score (nSPS) is 18.2. The van der Waals surface area contributed by atoms with Gasteiger partial charge < -0.3 is 22.5 Å². The lowest BCUT2D eigenvalue weighted by molar-refractivity contribution is -0.883. The largest absolute Gasteiger partial charge is 0.500 e. The van der Waals surface area contributed by atoms with Crippen LogP contribution in [-0.4, -0.2) is 73.4 Å². The summed E-state index contributed by atoms with van der Waals surface area (Å²) >= 11 is 0. The van der Waals surface area contributed by atoms with Crippen molar-refractivity contribution in [2.24, 2.45) is 0 Å². The first-order valence-corrected chi connectivity index (χ1v) is 10.3. The Kier molecular flexibility index (Phi) is 7.67. The maximum absolute atomic E-state index is 12.2. The highest BCUT2D eigenvalue weighted by molar-refractivity contribution is 6.60. The van der Waals surface area contributed by atoms with Crippen LogP contribution >= 0.6 is 0 Å². The minimum atomic E-state index is -2.52.